The number of carbonyl (C=O) groups is 2. The first kappa shape index (κ1) is 20.9. The molecule has 1 aliphatic carbocycles. The van der Waals surface area contributed by atoms with Gasteiger partial charge in [0.05, 0.1) is 12.1 Å². The molecule has 1 aromatic rings. The highest BCUT2D eigenvalue weighted by Crippen LogP contribution is 2.39. The molecule has 1 aromatic heterocycles. The Kier molecular flexibility index (Phi) is 5.87. The third kappa shape index (κ3) is 4.41. The molecule has 7 heteroatoms. The largest absolute Gasteiger partial charge is 0.455 e. The van der Waals surface area contributed by atoms with Crippen LogP contribution in [0.15, 0.2) is 10.5 Å². The van der Waals surface area contributed by atoms with Gasteiger partial charge in [0.15, 0.2) is 5.76 Å². The van der Waals surface area contributed by atoms with E-state index in [1.165, 1.54) is 0 Å². The summed E-state index contributed by atoms with van der Waals surface area (Å²) in [5.74, 6) is 1.59. The maximum atomic E-state index is 11.6. The summed E-state index contributed by atoms with van der Waals surface area (Å²) >= 11 is 0. The summed E-state index contributed by atoms with van der Waals surface area (Å²) in [5.41, 5.74) is 6.26. The fourth-order valence-corrected chi connectivity index (χ4v) is 4.86. The second-order valence-corrected chi connectivity index (χ2v) is 9.35. The normalized spacial score (nSPS) is 28.2. The van der Waals surface area contributed by atoms with Crippen molar-refractivity contribution in [3.8, 4) is 0 Å². The van der Waals surface area contributed by atoms with E-state index in [2.05, 4.69) is 31.0 Å². The number of nitrogens with one attached hydrogen (secondary N) is 1. The Labute approximate surface area is 167 Å². The third-order valence-electron chi connectivity index (χ3n) is 6.01. The van der Waals surface area contributed by atoms with Crippen molar-refractivity contribution in [3.63, 3.8) is 0 Å². The zero-order valence-corrected chi connectivity index (χ0v) is 17.6. The number of furan rings is 1. The summed E-state index contributed by atoms with van der Waals surface area (Å²) in [4.78, 5) is 25.5. The Balaban J connectivity index is 1.73. The molecule has 1 saturated heterocycles. The van der Waals surface area contributed by atoms with E-state index in [-0.39, 0.29) is 29.2 Å². The molecular weight excluding hydrogens is 358 g/mol. The highest BCUT2D eigenvalue weighted by molar-refractivity contribution is 5.90. The minimum atomic E-state index is -0.534. The monoisotopic (exact) mass is 391 g/mol. The van der Waals surface area contributed by atoms with Crippen LogP contribution < -0.4 is 11.1 Å². The predicted molar refractivity (Wildman–Crippen MR) is 106 cm³/mol. The van der Waals surface area contributed by atoms with Crippen LogP contribution in [0.5, 0.6) is 0 Å². The summed E-state index contributed by atoms with van der Waals surface area (Å²) in [6.07, 6.45) is 1.95. The fraction of sp³-hybridized carbons (Fsp3) is 0.714. The van der Waals surface area contributed by atoms with Crippen LogP contribution in [0.2, 0.25) is 0 Å². The standard InChI is InChI=1S/C21H33N3O4/c1-12(25)23-16-6-13-9-24(10-14(13)7-17(16)27-5)11-15-8-18(20(22)26)28-19(15)21(2,3)4/h8,13-14,16-17H,6-7,9-11H2,1-5H3,(H2,22,26)(H,23,25)/t13-,14+,16-,17-/m1/s1. The number of methoxy groups -OCH3 is 1. The number of nitrogens with zero attached hydrogens (tertiary/aromatic N) is 1. The Bertz CT molecular complexity index is 736. The summed E-state index contributed by atoms with van der Waals surface area (Å²) in [6, 6.07) is 1.87. The molecule has 0 bridgehead atoms. The van der Waals surface area contributed by atoms with Crippen LogP contribution in [0.1, 0.15) is 62.4 Å². The number of nitrogens with two attached hydrogens (primary N) is 1. The molecule has 156 valence electrons. The number of carbonyl (C=O) groups excluding carboxylic acids is 2. The first-order valence-electron chi connectivity index (χ1n) is 10.0. The minimum absolute atomic E-state index is 0.00690. The molecule has 2 fully saturated rings. The lowest BCUT2D eigenvalue weighted by atomic mass is 9.77. The molecule has 2 heterocycles. The van der Waals surface area contributed by atoms with E-state index >= 15 is 0 Å². The molecule has 7 nitrogen and oxygen atoms in total. The molecule has 4 atom stereocenters. The second kappa shape index (κ2) is 7.87. The average molecular weight is 392 g/mol. The number of hydrogen-bond donors (Lipinski definition) is 2. The molecule has 0 radical (unpaired) electrons. The Morgan fingerprint density at radius 3 is 2.46 bits per heavy atom. The summed E-state index contributed by atoms with van der Waals surface area (Å²) in [7, 11) is 1.72. The van der Waals surface area contributed by atoms with Crippen molar-refractivity contribution >= 4 is 11.8 Å². The van der Waals surface area contributed by atoms with Gasteiger partial charge in [-0.2, -0.15) is 0 Å². The predicted octanol–water partition coefficient (Wildman–Crippen LogP) is 2.04. The Morgan fingerprint density at radius 2 is 1.93 bits per heavy atom. The van der Waals surface area contributed by atoms with Crippen molar-refractivity contribution in [1.82, 2.24) is 10.2 Å². The van der Waals surface area contributed by atoms with E-state index in [1.54, 1.807) is 20.1 Å². The molecule has 3 rings (SSSR count). The molecule has 1 aliphatic heterocycles. The average Bonchev–Trinajstić information content (AvgIpc) is 3.16. The topological polar surface area (TPSA) is 97.8 Å². The summed E-state index contributed by atoms with van der Waals surface area (Å²) in [5, 5.41) is 3.06. The van der Waals surface area contributed by atoms with Gasteiger partial charge in [-0.25, -0.2) is 0 Å². The molecule has 0 spiro atoms. The molecule has 0 unspecified atom stereocenters. The van der Waals surface area contributed by atoms with Crippen molar-refractivity contribution in [3.05, 3.63) is 23.2 Å². The third-order valence-corrected chi connectivity index (χ3v) is 6.01. The van der Waals surface area contributed by atoms with Gasteiger partial charge >= 0.3 is 0 Å². The first-order valence-corrected chi connectivity index (χ1v) is 10.0. The molecule has 2 amide bonds. The van der Waals surface area contributed by atoms with Gasteiger partial charge in [0, 0.05) is 44.6 Å². The molecule has 3 N–H and O–H groups in total. The highest BCUT2D eigenvalue weighted by Gasteiger charge is 2.43. The molecule has 28 heavy (non-hydrogen) atoms. The fourth-order valence-electron chi connectivity index (χ4n) is 4.86. The van der Waals surface area contributed by atoms with E-state index in [4.69, 9.17) is 14.9 Å². The van der Waals surface area contributed by atoms with E-state index in [0.717, 1.165) is 43.8 Å². The van der Waals surface area contributed by atoms with Crippen LogP contribution in [0.4, 0.5) is 0 Å². The van der Waals surface area contributed by atoms with Gasteiger partial charge in [-0.05, 0) is 30.7 Å². The molecule has 1 saturated carbocycles. The maximum absolute atomic E-state index is 11.6. The van der Waals surface area contributed by atoms with Crippen LogP contribution in [0, 0.1) is 11.8 Å². The maximum Gasteiger partial charge on any atom is 0.284 e. The SMILES string of the molecule is CO[C@@H]1C[C@H]2CN(Cc3cc(C(N)=O)oc3C(C)(C)C)C[C@H]2C[C@H]1NC(C)=O. The van der Waals surface area contributed by atoms with Crippen molar-refractivity contribution in [1.29, 1.82) is 0 Å². The second-order valence-electron chi connectivity index (χ2n) is 9.35. The molecule has 2 aliphatic rings. The zero-order chi connectivity index (χ0) is 20.6. The van der Waals surface area contributed by atoms with Crippen LogP contribution in [0.3, 0.4) is 0 Å². The number of hydrogen-bond acceptors (Lipinski definition) is 5. The van der Waals surface area contributed by atoms with E-state index in [1.807, 2.05) is 0 Å². The summed E-state index contributed by atoms with van der Waals surface area (Å²) in [6.45, 7) is 10.5. The van der Waals surface area contributed by atoms with Gasteiger partial charge in [0.25, 0.3) is 5.91 Å². The quantitative estimate of drug-likeness (QED) is 0.800. The van der Waals surface area contributed by atoms with Gasteiger partial charge in [0.2, 0.25) is 5.91 Å². The number of likely N-dealkylation sites (tertiary alicyclic amines) is 1. The van der Waals surface area contributed by atoms with Gasteiger partial charge in [-0.15, -0.1) is 0 Å². The lowest BCUT2D eigenvalue weighted by Crippen LogP contribution is -2.49. The Hall–Kier alpha value is -1.86. The van der Waals surface area contributed by atoms with Crippen molar-refractivity contribution in [2.24, 2.45) is 17.6 Å². The lowest BCUT2D eigenvalue weighted by molar-refractivity contribution is -0.121. The van der Waals surface area contributed by atoms with Crippen molar-refractivity contribution < 1.29 is 18.7 Å². The van der Waals surface area contributed by atoms with Crippen molar-refractivity contribution in [2.75, 3.05) is 20.2 Å². The van der Waals surface area contributed by atoms with Gasteiger partial charge < -0.3 is 20.2 Å². The lowest BCUT2D eigenvalue weighted by Gasteiger charge is -2.37. The number of rotatable bonds is 5. The zero-order valence-electron chi connectivity index (χ0n) is 17.6. The highest BCUT2D eigenvalue weighted by atomic mass is 16.5. The number of fused-ring (bicyclic) bond motifs is 1. The number of ether oxygens (including phenoxy) is 1. The number of primary amides is 1. The van der Waals surface area contributed by atoms with Crippen molar-refractivity contribution in [2.45, 2.75) is 64.6 Å². The van der Waals surface area contributed by atoms with Crippen LogP contribution in [-0.2, 0) is 21.5 Å². The van der Waals surface area contributed by atoms with Gasteiger partial charge in [-0.3, -0.25) is 14.5 Å². The molecule has 0 aromatic carbocycles. The minimum Gasteiger partial charge on any atom is -0.455 e. The Morgan fingerprint density at radius 1 is 1.29 bits per heavy atom. The van der Waals surface area contributed by atoms with Crippen LogP contribution >= 0.6 is 0 Å². The molecular formula is C21H33N3O4. The smallest absolute Gasteiger partial charge is 0.284 e. The first-order chi connectivity index (χ1) is 13.1. The van der Waals surface area contributed by atoms with Gasteiger partial charge in [-0.1, -0.05) is 20.8 Å². The van der Waals surface area contributed by atoms with Crippen LogP contribution in [-0.4, -0.2) is 49.1 Å². The number of amides is 2. The van der Waals surface area contributed by atoms with E-state index in [9.17, 15) is 9.59 Å². The van der Waals surface area contributed by atoms with Gasteiger partial charge in [0.1, 0.15) is 5.76 Å². The van der Waals surface area contributed by atoms with Crippen LogP contribution in [0.25, 0.3) is 0 Å². The van der Waals surface area contributed by atoms with E-state index < -0.39 is 5.91 Å². The van der Waals surface area contributed by atoms with E-state index in [0.29, 0.717) is 11.8 Å². The summed E-state index contributed by atoms with van der Waals surface area (Å²) < 4.78 is 11.5.